The Morgan fingerprint density at radius 1 is 1.08 bits per heavy atom. The largest absolute Gasteiger partial charge is 0.450 e. The van der Waals surface area contributed by atoms with Crippen molar-refractivity contribution in [3.8, 4) is 22.6 Å². The summed E-state index contributed by atoms with van der Waals surface area (Å²) in [6.07, 6.45) is 3.75. The van der Waals surface area contributed by atoms with Crippen LogP contribution in [0.2, 0.25) is 0 Å². The molecule has 0 atom stereocenters. The molecule has 0 aliphatic carbocycles. The van der Waals surface area contributed by atoms with E-state index in [1.54, 1.807) is 57.5 Å². The number of benzene rings is 1. The monoisotopic (exact) mass is 522 g/mol. The van der Waals surface area contributed by atoms with E-state index in [0.717, 1.165) is 0 Å². The Morgan fingerprint density at radius 2 is 1.76 bits per heavy atom. The Hall–Kier alpha value is -4.14. The number of rotatable bonds is 5. The van der Waals surface area contributed by atoms with E-state index in [2.05, 4.69) is 4.98 Å². The number of aromatic amines is 1. The van der Waals surface area contributed by atoms with Crippen LogP contribution in [0.15, 0.2) is 46.2 Å². The average Bonchev–Trinajstić information content (AvgIpc) is 3.30. The van der Waals surface area contributed by atoms with Gasteiger partial charge in [-0.2, -0.15) is 0 Å². The number of amides is 1. The molecule has 3 aromatic heterocycles. The Morgan fingerprint density at radius 3 is 2.39 bits per heavy atom. The van der Waals surface area contributed by atoms with E-state index < -0.39 is 11.1 Å². The van der Waals surface area contributed by atoms with Crippen LogP contribution in [0.25, 0.3) is 22.0 Å². The third-order valence-electron chi connectivity index (χ3n) is 6.92. The second kappa shape index (κ2) is 9.63. The minimum absolute atomic E-state index is 0. The number of nitrogens with zero attached hydrogens (tertiary/aromatic N) is 3. The van der Waals surface area contributed by atoms with Crippen LogP contribution in [-0.4, -0.2) is 37.5 Å². The van der Waals surface area contributed by atoms with Crippen molar-refractivity contribution in [2.75, 3.05) is 7.05 Å². The lowest BCUT2D eigenvalue weighted by atomic mass is 10.0. The number of hydrogen-bond acceptors (Lipinski definition) is 4. The molecule has 0 aliphatic heterocycles. The van der Waals surface area contributed by atoms with Crippen LogP contribution in [0.4, 0.5) is 4.39 Å². The molecule has 38 heavy (non-hydrogen) atoms. The maximum atomic E-state index is 14.1. The van der Waals surface area contributed by atoms with Crippen molar-refractivity contribution in [2.24, 2.45) is 14.1 Å². The second-order valence-electron chi connectivity index (χ2n) is 10.6. The zero-order chi connectivity index (χ0) is 28.1. The lowest BCUT2D eigenvalue weighted by molar-refractivity contribution is 0.0650. The zero-order valence-corrected chi connectivity index (χ0v) is 23.0. The average molecular weight is 523 g/mol. The summed E-state index contributed by atoms with van der Waals surface area (Å²) in [5.41, 5.74) is 1.55. The minimum atomic E-state index is -0.432. The fourth-order valence-electron chi connectivity index (χ4n) is 4.37. The molecule has 1 aromatic carbocycles. The number of carbonyl (C=O) groups is 1. The Kier molecular flexibility index (Phi) is 6.82. The number of aromatic nitrogens is 3. The highest BCUT2D eigenvalue weighted by Crippen LogP contribution is 2.37. The van der Waals surface area contributed by atoms with Crippen molar-refractivity contribution in [3.05, 3.63) is 80.0 Å². The fraction of sp³-hybridized carbons (Fsp3) is 0.345. The van der Waals surface area contributed by atoms with Gasteiger partial charge in [-0.1, -0.05) is 6.92 Å². The molecule has 0 spiro atoms. The van der Waals surface area contributed by atoms with Crippen LogP contribution in [0, 0.1) is 12.7 Å². The molecule has 0 fully saturated rings. The predicted molar refractivity (Wildman–Crippen MR) is 149 cm³/mol. The number of fused-ring (bicyclic) bond motifs is 1. The number of aryl methyl sites for hydroxylation is 4. The molecule has 3 heterocycles. The van der Waals surface area contributed by atoms with E-state index in [1.807, 2.05) is 27.7 Å². The molecule has 1 amide bonds. The molecule has 0 saturated carbocycles. The summed E-state index contributed by atoms with van der Waals surface area (Å²) in [4.78, 5) is 44.2. The first kappa shape index (κ1) is 26.9. The Labute approximate surface area is 221 Å². The van der Waals surface area contributed by atoms with Crippen molar-refractivity contribution in [1.29, 1.82) is 0 Å². The standard InChI is InChI=1S/C29H33FN4O4.H2/c1-9-17-13-18(30)12-16(2)24(17)38-25-19(10-11-32(6)28(25)37)21-15-33(7)27(36)23-20(21)14-22(31-23)26(35)34(8)29(3,4)5;/h10-15,31H,9H2,1-8H3;1H. The van der Waals surface area contributed by atoms with Gasteiger partial charge < -0.3 is 23.8 Å². The molecular weight excluding hydrogens is 487 g/mol. The normalized spacial score (nSPS) is 11.7. The van der Waals surface area contributed by atoms with E-state index in [1.165, 1.54) is 21.3 Å². The van der Waals surface area contributed by atoms with Crippen molar-refractivity contribution >= 4 is 16.8 Å². The smallest absolute Gasteiger partial charge is 0.293 e. The van der Waals surface area contributed by atoms with Crippen LogP contribution < -0.4 is 15.9 Å². The molecule has 0 radical (unpaired) electrons. The third-order valence-corrected chi connectivity index (χ3v) is 6.92. The number of ether oxygens (including phenoxy) is 1. The molecule has 4 rings (SSSR count). The van der Waals surface area contributed by atoms with Crippen LogP contribution in [0.3, 0.4) is 0 Å². The molecule has 0 bridgehead atoms. The van der Waals surface area contributed by atoms with Crippen molar-refractivity contribution in [1.82, 2.24) is 19.0 Å². The van der Waals surface area contributed by atoms with E-state index in [4.69, 9.17) is 4.74 Å². The van der Waals surface area contributed by atoms with Gasteiger partial charge in [-0.25, -0.2) is 4.39 Å². The summed E-state index contributed by atoms with van der Waals surface area (Å²) in [7, 11) is 4.93. The number of pyridine rings is 2. The minimum Gasteiger partial charge on any atom is -0.450 e. The van der Waals surface area contributed by atoms with Gasteiger partial charge in [0.15, 0.2) is 5.75 Å². The summed E-state index contributed by atoms with van der Waals surface area (Å²) in [5.74, 6) is -0.189. The quantitative estimate of drug-likeness (QED) is 0.393. The van der Waals surface area contributed by atoms with Gasteiger partial charge in [0, 0.05) is 57.0 Å². The van der Waals surface area contributed by atoms with Crippen LogP contribution in [0.1, 0.15) is 50.7 Å². The topological polar surface area (TPSA) is 89.3 Å². The van der Waals surface area contributed by atoms with Crippen LogP contribution in [0.5, 0.6) is 11.5 Å². The molecule has 9 heteroatoms. The Bertz CT molecular complexity index is 1690. The molecule has 0 unspecified atom stereocenters. The van der Waals surface area contributed by atoms with Gasteiger partial charge in [0.25, 0.3) is 17.0 Å². The van der Waals surface area contributed by atoms with Crippen molar-refractivity contribution < 1.29 is 15.3 Å². The van der Waals surface area contributed by atoms with Gasteiger partial charge in [0.05, 0.1) is 0 Å². The highest BCUT2D eigenvalue weighted by molar-refractivity contribution is 6.03. The van der Waals surface area contributed by atoms with Gasteiger partial charge in [-0.05, 0) is 69.5 Å². The van der Waals surface area contributed by atoms with Crippen LogP contribution >= 0.6 is 0 Å². The molecular formula is C29H35FN4O4. The molecule has 1 N–H and O–H groups in total. The summed E-state index contributed by atoms with van der Waals surface area (Å²) in [6.45, 7) is 9.37. The van der Waals surface area contributed by atoms with E-state index in [-0.39, 0.29) is 35.7 Å². The zero-order valence-electron chi connectivity index (χ0n) is 23.0. The first-order valence-electron chi connectivity index (χ1n) is 12.4. The highest BCUT2D eigenvalue weighted by atomic mass is 19.1. The van der Waals surface area contributed by atoms with Crippen molar-refractivity contribution in [3.63, 3.8) is 0 Å². The third kappa shape index (κ3) is 4.64. The summed E-state index contributed by atoms with van der Waals surface area (Å²) in [5, 5.41) is 0.489. The number of carbonyl (C=O) groups excluding carboxylic acids is 1. The van der Waals surface area contributed by atoms with E-state index in [0.29, 0.717) is 39.8 Å². The summed E-state index contributed by atoms with van der Waals surface area (Å²) >= 11 is 0. The van der Waals surface area contributed by atoms with E-state index >= 15 is 0 Å². The van der Waals surface area contributed by atoms with Gasteiger partial charge in [-0.15, -0.1) is 0 Å². The predicted octanol–water partition coefficient (Wildman–Crippen LogP) is 5.15. The number of nitrogens with one attached hydrogen (secondary N) is 1. The Balaban J connectivity index is 0.00000420. The van der Waals surface area contributed by atoms with Crippen molar-refractivity contribution in [2.45, 2.75) is 46.6 Å². The first-order chi connectivity index (χ1) is 17.7. The molecule has 202 valence electrons. The van der Waals surface area contributed by atoms with Gasteiger partial charge >= 0.3 is 0 Å². The maximum absolute atomic E-state index is 14.1. The number of hydrogen-bond donors (Lipinski definition) is 1. The van der Waals surface area contributed by atoms with Crippen LogP contribution in [-0.2, 0) is 20.5 Å². The summed E-state index contributed by atoms with van der Waals surface area (Å²) in [6, 6.07) is 6.13. The summed E-state index contributed by atoms with van der Waals surface area (Å²) < 4.78 is 23.2. The maximum Gasteiger partial charge on any atom is 0.293 e. The highest BCUT2D eigenvalue weighted by Gasteiger charge is 2.27. The first-order valence-corrected chi connectivity index (χ1v) is 12.4. The second-order valence-corrected chi connectivity index (χ2v) is 10.6. The fourth-order valence-corrected chi connectivity index (χ4v) is 4.37. The lowest BCUT2D eigenvalue weighted by Crippen LogP contribution is -2.42. The number of halogens is 1. The van der Waals surface area contributed by atoms with Gasteiger partial charge in [0.2, 0.25) is 0 Å². The molecule has 0 aliphatic rings. The molecule has 0 saturated heterocycles. The molecule has 4 aromatic rings. The van der Waals surface area contributed by atoms with E-state index in [9.17, 15) is 18.8 Å². The number of H-pyrrole nitrogens is 1. The van der Waals surface area contributed by atoms with Gasteiger partial charge in [0.1, 0.15) is 22.8 Å². The SMILES string of the molecule is CCc1cc(F)cc(C)c1Oc1c(-c2cn(C)c(=O)c3[nH]c(C(=O)N(C)C(C)(C)C)cc23)ccn(C)c1=O.[HH]. The van der Waals surface area contributed by atoms with Gasteiger partial charge in [-0.3, -0.25) is 14.4 Å². The molecule has 8 nitrogen and oxygen atoms in total. The lowest BCUT2D eigenvalue weighted by Gasteiger charge is -2.31.